The number of para-hydroxylation sites is 1. The Morgan fingerprint density at radius 1 is 1.08 bits per heavy atom. The van der Waals surface area contributed by atoms with E-state index in [2.05, 4.69) is 10.1 Å². The molecule has 1 heterocycles. The minimum absolute atomic E-state index is 0.0617. The van der Waals surface area contributed by atoms with Gasteiger partial charge >= 0.3 is 5.97 Å². The molecule has 0 atom stereocenters. The van der Waals surface area contributed by atoms with E-state index in [9.17, 15) is 4.79 Å². The molecule has 6 heteroatoms. The minimum atomic E-state index is -0.349. The van der Waals surface area contributed by atoms with E-state index in [4.69, 9.17) is 14.0 Å². The number of carbonyl (C=O) groups excluding carboxylic acids is 1. The molecule has 24 heavy (non-hydrogen) atoms. The van der Waals surface area contributed by atoms with E-state index in [-0.39, 0.29) is 24.9 Å². The van der Waals surface area contributed by atoms with Crippen LogP contribution in [0.4, 0.5) is 0 Å². The molecule has 0 fully saturated rings. The first-order chi connectivity index (χ1) is 11.8. The minimum Gasteiger partial charge on any atom is -0.496 e. The molecule has 0 aliphatic rings. The molecule has 0 N–H and O–H groups in total. The zero-order valence-electron chi connectivity index (χ0n) is 13.1. The van der Waals surface area contributed by atoms with Crippen LogP contribution >= 0.6 is 0 Å². The van der Waals surface area contributed by atoms with Gasteiger partial charge in [-0.15, -0.1) is 0 Å². The normalized spacial score (nSPS) is 10.4. The first-order valence-corrected chi connectivity index (χ1v) is 7.42. The van der Waals surface area contributed by atoms with Crippen molar-refractivity contribution in [2.45, 2.75) is 13.0 Å². The van der Waals surface area contributed by atoms with E-state index in [0.29, 0.717) is 17.1 Å². The van der Waals surface area contributed by atoms with Gasteiger partial charge < -0.3 is 14.0 Å². The van der Waals surface area contributed by atoms with Gasteiger partial charge in [0.1, 0.15) is 5.75 Å². The molecule has 0 spiro atoms. The molecular weight excluding hydrogens is 308 g/mol. The zero-order chi connectivity index (χ0) is 16.8. The fourth-order valence-corrected chi connectivity index (χ4v) is 2.21. The number of hydrogen-bond donors (Lipinski definition) is 0. The van der Waals surface area contributed by atoms with Crippen LogP contribution in [0.3, 0.4) is 0 Å². The Morgan fingerprint density at radius 2 is 1.83 bits per heavy atom. The fraction of sp³-hybridized carbons (Fsp3) is 0.167. The van der Waals surface area contributed by atoms with E-state index >= 15 is 0 Å². The summed E-state index contributed by atoms with van der Waals surface area (Å²) in [6.45, 7) is -0.0617. The molecule has 0 saturated heterocycles. The number of esters is 1. The molecule has 6 nitrogen and oxygen atoms in total. The highest BCUT2D eigenvalue weighted by Crippen LogP contribution is 2.27. The van der Waals surface area contributed by atoms with Crippen molar-refractivity contribution < 1.29 is 18.8 Å². The molecule has 2 aromatic carbocycles. The summed E-state index contributed by atoms with van der Waals surface area (Å²) in [4.78, 5) is 16.1. The van der Waals surface area contributed by atoms with Crippen LogP contribution in [0.2, 0.25) is 0 Å². The van der Waals surface area contributed by atoms with Crippen molar-refractivity contribution in [2.24, 2.45) is 0 Å². The second kappa shape index (κ2) is 7.41. The quantitative estimate of drug-likeness (QED) is 0.649. The van der Waals surface area contributed by atoms with Crippen molar-refractivity contribution in [3.05, 3.63) is 66.1 Å². The van der Waals surface area contributed by atoms with Crippen LogP contribution in [-0.4, -0.2) is 23.2 Å². The molecule has 0 saturated carbocycles. The highest BCUT2D eigenvalue weighted by atomic mass is 16.6. The monoisotopic (exact) mass is 324 g/mol. The van der Waals surface area contributed by atoms with Gasteiger partial charge in [0.25, 0.3) is 5.89 Å². The van der Waals surface area contributed by atoms with Crippen LogP contribution in [0, 0.1) is 0 Å². The molecule has 122 valence electrons. The molecule has 0 unspecified atom stereocenters. The van der Waals surface area contributed by atoms with Gasteiger partial charge in [-0.25, -0.2) is 0 Å². The Bertz CT molecular complexity index is 815. The maximum atomic E-state index is 11.8. The molecule has 3 rings (SSSR count). The predicted molar refractivity (Wildman–Crippen MR) is 86.2 cm³/mol. The van der Waals surface area contributed by atoms with Crippen LogP contribution in [-0.2, 0) is 22.6 Å². The van der Waals surface area contributed by atoms with Gasteiger partial charge in [-0.05, 0) is 17.7 Å². The summed E-state index contributed by atoms with van der Waals surface area (Å²) in [5, 5.41) is 3.90. The molecule has 0 bridgehead atoms. The van der Waals surface area contributed by atoms with E-state index in [1.807, 2.05) is 54.6 Å². The van der Waals surface area contributed by atoms with Crippen molar-refractivity contribution in [1.29, 1.82) is 0 Å². The summed E-state index contributed by atoms with van der Waals surface area (Å²) < 4.78 is 15.6. The van der Waals surface area contributed by atoms with Crippen molar-refractivity contribution in [1.82, 2.24) is 10.1 Å². The second-order valence-electron chi connectivity index (χ2n) is 5.04. The highest BCUT2D eigenvalue weighted by molar-refractivity contribution is 5.72. The van der Waals surface area contributed by atoms with Crippen LogP contribution < -0.4 is 4.74 Å². The summed E-state index contributed by atoms with van der Waals surface area (Å²) in [7, 11) is 1.57. The van der Waals surface area contributed by atoms with Crippen molar-refractivity contribution >= 4 is 5.97 Å². The molecule has 1 aromatic heterocycles. The van der Waals surface area contributed by atoms with Crippen molar-refractivity contribution in [3.8, 4) is 17.1 Å². The van der Waals surface area contributed by atoms with Gasteiger partial charge in [0.05, 0.1) is 19.1 Å². The summed E-state index contributed by atoms with van der Waals surface area (Å²) in [6.07, 6.45) is 0.203. The third-order valence-electron chi connectivity index (χ3n) is 3.36. The average Bonchev–Trinajstić information content (AvgIpc) is 3.09. The largest absolute Gasteiger partial charge is 0.496 e. The molecular formula is C18H16N2O4. The van der Waals surface area contributed by atoms with Crippen LogP contribution in [0.5, 0.6) is 5.75 Å². The van der Waals surface area contributed by atoms with E-state index in [0.717, 1.165) is 5.56 Å². The molecule has 0 aliphatic carbocycles. The smallest absolute Gasteiger partial charge is 0.310 e. The van der Waals surface area contributed by atoms with Gasteiger partial charge in [-0.1, -0.05) is 47.6 Å². The lowest BCUT2D eigenvalue weighted by atomic mass is 10.2. The van der Waals surface area contributed by atoms with Gasteiger partial charge in [-0.2, -0.15) is 4.98 Å². The standard InChI is InChI=1S/C18H16N2O4/c1-22-15-10-6-5-9-14(15)18-19-16(24-20-18)12-23-17(21)11-13-7-3-2-4-8-13/h2-10H,11-12H2,1H3. The van der Waals surface area contributed by atoms with Gasteiger partial charge in [0.15, 0.2) is 6.61 Å². The highest BCUT2D eigenvalue weighted by Gasteiger charge is 2.14. The van der Waals surface area contributed by atoms with Crippen LogP contribution in [0.1, 0.15) is 11.5 Å². The Hall–Kier alpha value is -3.15. The summed E-state index contributed by atoms with van der Waals surface area (Å²) >= 11 is 0. The summed E-state index contributed by atoms with van der Waals surface area (Å²) in [5.74, 6) is 0.919. The average molecular weight is 324 g/mol. The number of methoxy groups -OCH3 is 1. The second-order valence-corrected chi connectivity index (χ2v) is 5.04. The molecule has 0 radical (unpaired) electrons. The van der Waals surface area contributed by atoms with Crippen molar-refractivity contribution in [2.75, 3.05) is 7.11 Å². The first kappa shape index (κ1) is 15.7. The van der Waals surface area contributed by atoms with E-state index < -0.39 is 0 Å². The maximum Gasteiger partial charge on any atom is 0.310 e. The number of carbonyl (C=O) groups is 1. The Morgan fingerprint density at radius 3 is 2.62 bits per heavy atom. The lowest BCUT2D eigenvalue weighted by Crippen LogP contribution is -2.08. The molecule has 0 amide bonds. The SMILES string of the molecule is COc1ccccc1-c1noc(COC(=O)Cc2ccccc2)n1. The van der Waals surface area contributed by atoms with Crippen LogP contribution in [0.15, 0.2) is 59.1 Å². The molecule has 0 aliphatic heterocycles. The number of ether oxygens (including phenoxy) is 2. The lowest BCUT2D eigenvalue weighted by Gasteiger charge is -2.03. The lowest BCUT2D eigenvalue weighted by molar-refractivity contribution is -0.144. The number of rotatable bonds is 6. The van der Waals surface area contributed by atoms with Gasteiger partial charge in [0, 0.05) is 0 Å². The summed E-state index contributed by atoms with van der Waals surface area (Å²) in [5.41, 5.74) is 1.60. The Labute approximate surface area is 139 Å². The summed E-state index contributed by atoms with van der Waals surface area (Å²) in [6, 6.07) is 16.7. The van der Waals surface area contributed by atoms with E-state index in [1.165, 1.54) is 0 Å². The third-order valence-corrected chi connectivity index (χ3v) is 3.36. The zero-order valence-corrected chi connectivity index (χ0v) is 13.1. The first-order valence-electron chi connectivity index (χ1n) is 7.42. The topological polar surface area (TPSA) is 74.5 Å². The number of nitrogens with zero attached hydrogens (tertiary/aromatic N) is 2. The number of benzene rings is 2. The predicted octanol–water partition coefficient (Wildman–Crippen LogP) is 3.03. The fourth-order valence-electron chi connectivity index (χ4n) is 2.21. The third kappa shape index (κ3) is 3.78. The number of hydrogen-bond acceptors (Lipinski definition) is 6. The molecule has 3 aromatic rings. The maximum absolute atomic E-state index is 11.8. The van der Waals surface area contributed by atoms with Crippen molar-refractivity contribution in [3.63, 3.8) is 0 Å². The Balaban J connectivity index is 1.61. The Kier molecular flexibility index (Phi) is 4.86. The van der Waals surface area contributed by atoms with Gasteiger partial charge in [-0.3, -0.25) is 4.79 Å². The van der Waals surface area contributed by atoms with Crippen LogP contribution in [0.25, 0.3) is 11.4 Å². The van der Waals surface area contributed by atoms with Gasteiger partial charge in [0.2, 0.25) is 5.82 Å². The number of aromatic nitrogens is 2. The van der Waals surface area contributed by atoms with E-state index in [1.54, 1.807) is 7.11 Å².